The number of esters is 1. The Balaban J connectivity index is 2.96. The van der Waals surface area contributed by atoms with Crippen LogP contribution in [-0.2, 0) is 4.74 Å². The van der Waals surface area contributed by atoms with Gasteiger partial charge in [0.15, 0.2) is 5.69 Å². The van der Waals surface area contributed by atoms with Crippen LogP contribution < -0.4 is 0 Å². The SMILES string of the molecule is COC(=O)c1cc(F)[c]cn1. The van der Waals surface area contributed by atoms with E-state index in [1.165, 1.54) is 7.11 Å². The van der Waals surface area contributed by atoms with E-state index < -0.39 is 11.8 Å². The van der Waals surface area contributed by atoms with Crippen molar-refractivity contribution in [2.24, 2.45) is 0 Å². The molecule has 0 aliphatic rings. The highest BCUT2D eigenvalue weighted by molar-refractivity contribution is 5.86. The van der Waals surface area contributed by atoms with Gasteiger partial charge in [-0.1, -0.05) is 0 Å². The summed E-state index contributed by atoms with van der Waals surface area (Å²) in [6.07, 6.45) is 1.08. The second kappa shape index (κ2) is 3.09. The first-order valence-corrected chi connectivity index (χ1v) is 2.85. The topological polar surface area (TPSA) is 39.2 Å². The predicted octanol–water partition coefficient (Wildman–Crippen LogP) is 0.807. The second-order valence-corrected chi connectivity index (χ2v) is 1.77. The molecule has 0 atom stereocenters. The lowest BCUT2D eigenvalue weighted by Crippen LogP contribution is -2.03. The molecule has 4 heteroatoms. The first-order chi connectivity index (χ1) is 5.24. The van der Waals surface area contributed by atoms with Gasteiger partial charge in [-0.15, -0.1) is 0 Å². The fraction of sp³-hybridized carbons (Fsp3) is 0.143. The summed E-state index contributed by atoms with van der Waals surface area (Å²) < 4.78 is 16.7. The Bertz CT molecular complexity index is 275. The summed E-state index contributed by atoms with van der Waals surface area (Å²) in [4.78, 5) is 14.2. The van der Waals surface area contributed by atoms with Crippen molar-refractivity contribution in [3.05, 3.63) is 29.8 Å². The predicted molar refractivity (Wildman–Crippen MR) is 34.4 cm³/mol. The molecular weight excluding hydrogens is 149 g/mol. The van der Waals surface area contributed by atoms with E-state index in [9.17, 15) is 9.18 Å². The molecule has 1 heterocycles. The molecule has 0 aliphatic carbocycles. The number of halogens is 1. The lowest BCUT2D eigenvalue weighted by molar-refractivity contribution is 0.0593. The molecule has 0 spiro atoms. The van der Waals surface area contributed by atoms with E-state index in [0.29, 0.717) is 0 Å². The Labute approximate surface area is 62.8 Å². The van der Waals surface area contributed by atoms with E-state index in [1.807, 2.05) is 0 Å². The normalized spacial score (nSPS) is 9.27. The highest BCUT2D eigenvalue weighted by Gasteiger charge is 2.06. The van der Waals surface area contributed by atoms with Gasteiger partial charge in [-0.05, 0) is 0 Å². The van der Waals surface area contributed by atoms with Crippen molar-refractivity contribution in [2.45, 2.75) is 0 Å². The zero-order chi connectivity index (χ0) is 8.27. The summed E-state index contributed by atoms with van der Waals surface area (Å²) in [5, 5.41) is 0. The largest absolute Gasteiger partial charge is 0.464 e. The molecule has 0 aromatic carbocycles. The van der Waals surface area contributed by atoms with E-state index in [4.69, 9.17) is 0 Å². The van der Waals surface area contributed by atoms with Crippen LogP contribution in [0.1, 0.15) is 10.5 Å². The third-order valence-electron chi connectivity index (χ3n) is 1.06. The van der Waals surface area contributed by atoms with Crippen LogP contribution in [0.3, 0.4) is 0 Å². The quantitative estimate of drug-likeness (QED) is 0.562. The van der Waals surface area contributed by atoms with Gasteiger partial charge in [-0.2, -0.15) is 0 Å². The highest BCUT2D eigenvalue weighted by atomic mass is 19.1. The molecule has 0 N–H and O–H groups in total. The first-order valence-electron chi connectivity index (χ1n) is 2.85. The number of rotatable bonds is 1. The van der Waals surface area contributed by atoms with Crippen LogP contribution in [0.5, 0.6) is 0 Å². The van der Waals surface area contributed by atoms with Crippen LogP contribution in [0.2, 0.25) is 0 Å². The summed E-state index contributed by atoms with van der Waals surface area (Å²) in [6.45, 7) is 0. The maximum atomic E-state index is 12.4. The molecule has 1 radical (unpaired) electrons. The van der Waals surface area contributed by atoms with Gasteiger partial charge < -0.3 is 4.74 Å². The number of carbonyl (C=O) groups is 1. The Hall–Kier alpha value is -1.45. The summed E-state index contributed by atoms with van der Waals surface area (Å²) in [7, 11) is 1.21. The fourth-order valence-electron chi connectivity index (χ4n) is 0.579. The first kappa shape index (κ1) is 7.65. The smallest absolute Gasteiger partial charge is 0.356 e. The number of aromatic nitrogens is 1. The molecule has 1 rings (SSSR count). The average molecular weight is 154 g/mol. The van der Waals surface area contributed by atoms with Crippen molar-refractivity contribution in [3.8, 4) is 0 Å². The molecule has 3 nitrogen and oxygen atoms in total. The van der Waals surface area contributed by atoms with E-state index in [0.717, 1.165) is 12.3 Å². The van der Waals surface area contributed by atoms with Crippen LogP contribution in [0.15, 0.2) is 12.3 Å². The van der Waals surface area contributed by atoms with Gasteiger partial charge in [0.05, 0.1) is 7.11 Å². The molecule has 1 aromatic rings. The minimum absolute atomic E-state index is 0.0521. The Morgan fingerprint density at radius 2 is 2.55 bits per heavy atom. The molecule has 57 valence electrons. The highest BCUT2D eigenvalue weighted by Crippen LogP contribution is 1.99. The zero-order valence-corrected chi connectivity index (χ0v) is 5.80. The number of pyridine rings is 1. The summed E-state index contributed by atoms with van der Waals surface area (Å²) in [5.74, 6) is -1.28. The molecule has 0 aliphatic heterocycles. The molecule has 0 amide bonds. The summed E-state index contributed by atoms with van der Waals surface area (Å²) in [5.41, 5.74) is -0.0521. The number of nitrogens with zero attached hydrogens (tertiary/aromatic N) is 1. The minimum Gasteiger partial charge on any atom is -0.464 e. The number of hydrogen-bond acceptors (Lipinski definition) is 3. The van der Waals surface area contributed by atoms with Gasteiger partial charge in [0.25, 0.3) is 0 Å². The Kier molecular flexibility index (Phi) is 2.15. The average Bonchev–Trinajstić information content (AvgIpc) is 2.03. The third kappa shape index (κ3) is 1.73. The molecule has 0 saturated carbocycles. The Morgan fingerprint density at radius 1 is 1.82 bits per heavy atom. The Morgan fingerprint density at radius 3 is 3.09 bits per heavy atom. The van der Waals surface area contributed by atoms with Crippen LogP contribution >= 0.6 is 0 Å². The van der Waals surface area contributed by atoms with Crippen molar-refractivity contribution in [1.82, 2.24) is 4.98 Å². The summed E-state index contributed by atoms with van der Waals surface area (Å²) in [6, 6.07) is 3.13. The standard InChI is InChI=1S/C7H5FNO2/c1-11-7(10)6-4-5(8)2-3-9-6/h3-4H,1H3. The number of ether oxygens (including phenoxy) is 1. The van der Waals surface area contributed by atoms with Gasteiger partial charge in [0.1, 0.15) is 5.82 Å². The fourth-order valence-corrected chi connectivity index (χ4v) is 0.579. The van der Waals surface area contributed by atoms with Gasteiger partial charge in [-0.3, -0.25) is 0 Å². The van der Waals surface area contributed by atoms with Crippen molar-refractivity contribution >= 4 is 5.97 Å². The lowest BCUT2D eigenvalue weighted by atomic mass is 10.3. The van der Waals surface area contributed by atoms with Gasteiger partial charge >= 0.3 is 5.97 Å². The van der Waals surface area contributed by atoms with Crippen LogP contribution in [0.25, 0.3) is 0 Å². The minimum atomic E-state index is -0.655. The van der Waals surface area contributed by atoms with Crippen LogP contribution in [0, 0.1) is 11.9 Å². The summed E-state index contributed by atoms with van der Waals surface area (Å²) >= 11 is 0. The number of methoxy groups -OCH3 is 1. The lowest BCUT2D eigenvalue weighted by Gasteiger charge is -1.95. The second-order valence-electron chi connectivity index (χ2n) is 1.77. The van der Waals surface area contributed by atoms with Gasteiger partial charge in [0, 0.05) is 18.3 Å². The maximum absolute atomic E-state index is 12.4. The van der Waals surface area contributed by atoms with Crippen molar-refractivity contribution in [3.63, 3.8) is 0 Å². The van der Waals surface area contributed by atoms with Crippen LogP contribution in [0.4, 0.5) is 4.39 Å². The van der Waals surface area contributed by atoms with E-state index in [2.05, 4.69) is 15.8 Å². The molecule has 0 fully saturated rings. The maximum Gasteiger partial charge on any atom is 0.356 e. The molecule has 0 saturated heterocycles. The van der Waals surface area contributed by atoms with Crippen molar-refractivity contribution < 1.29 is 13.9 Å². The zero-order valence-electron chi connectivity index (χ0n) is 5.80. The van der Waals surface area contributed by atoms with E-state index >= 15 is 0 Å². The monoisotopic (exact) mass is 154 g/mol. The van der Waals surface area contributed by atoms with Gasteiger partial charge in [-0.25, -0.2) is 14.2 Å². The van der Waals surface area contributed by atoms with Crippen LogP contribution in [-0.4, -0.2) is 18.1 Å². The van der Waals surface area contributed by atoms with Gasteiger partial charge in [0.2, 0.25) is 0 Å². The molecule has 11 heavy (non-hydrogen) atoms. The third-order valence-corrected chi connectivity index (χ3v) is 1.06. The number of hydrogen-bond donors (Lipinski definition) is 0. The molecular formula is C7H5FNO2. The van der Waals surface area contributed by atoms with E-state index in [1.54, 1.807) is 0 Å². The molecule has 0 bridgehead atoms. The molecule has 0 unspecified atom stereocenters. The molecule has 1 aromatic heterocycles. The number of carbonyl (C=O) groups excluding carboxylic acids is 1. The van der Waals surface area contributed by atoms with Crippen molar-refractivity contribution in [1.29, 1.82) is 0 Å². The van der Waals surface area contributed by atoms with E-state index in [-0.39, 0.29) is 5.69 Å². The van der Waals surface area contributed by atoms with Crippen molar-refractivity contribution in [2.75, 3.05) is 7.11 Å².